The molecular weight excluding hydrogens is 716 g/mol. The molecule has 0 aliphatic carbocycles. The fraction of sp³-hybridized carbons (Fsp3) is 0.385. The van der Waals surface area contributed by atoms with Gasteiger partial charge in [-0.1, -0.05) is 101 Å². The van der Waals surface area contributed by atoms with Gasteiger partial charge in [0.25, 0.3) is 0 Å². The monoisotopic (exact) mass is 763 g/mol. The molecule has 0 saturated carbocycles. The predicted octanol–water partition coefficient (Wildman–Crippen LogP) is 11.7. The molecule has 47 heavy (non-hydrogen) atoms. The number of fused-ring (bicyclic) bond motifs is 1. The minimum atomic E-state index is -2.05. The van der Waals surface area contributed by atoms with E-state index in [9.17, 15) is 10.1 Å². The topological polar surface area (TPSA) is 55.6 Å². The van der Waals surface area contributed by atoms with Crippen LogP contribution in [0.25, 0.3) is 10.8 Å². The molecule has 0 aromatic heterocycles. The quantitative estimate of drug-likeness (QED) is 0.0776. The van der Waals surface area contributed by atoms with Gasteiger partial charge in [-0.2, -0.15) is 0 Å². The van der Waals surface area contributed by atoms with Crippen LogP contribution in [0.2, 0.25) is 0 Å². The van der Waals surface area contributed by atoms with Crippen molar-refractivity contribution in [1.29, 1.82) is 0 Å². The molecular formula is C39H47Cl2N2O3Ru-. The van der Waals surface area contributed by atoms with Gasteiger partial charge in [0, 0.05) is 11.2 Å². The molecule has 0 bridgehead atoms. The summed E-state index contributed by atoms with van der Waals surface area (Å²) in [5.74, 6) is 1.55. The first-order chi connectivity index (χ1) is 22.0. The summed E-state index contributed by atoms with van der Waals surface area (Å²) in [7, 11) is 11.6. The minimum Gasteiger partial charge on any atom is -0.517 e. The molecule has 5 rings (SSSR count). The van der Waals surface area contributed by atoms with Gasteiger partial charge in [-0.25, -0.2) is 6.54 Å². The standard InChI is InChI=1S/C29H36N.C10H11NO3.2ClH.Ru/c1-20(2)25-13-10-14-26(21(3)4)27(25)30-19-29(7,18-28(30,5)6)24-16-15-22-11-8-9-12-23(22)17-24;1-7(2)14-10-5-4-9(11(12)13)6-8(10)3;;;/h8-17,19-21H,18H2,1-7H3;3-7H,1-2H3;2*1H;/q-1;;;;+2/p-2/t29-;;;;/m1..../s1. The molecule has 0 radical (unpaired) electrons. The second-order valence-electron chi connectivity index (χ2n) is 14.0. The van der Waals surface area contributed by atoms with Crippen molar-refractivity contribution in [3.05, 3.63) is 118 Å². The molecule has 8 heteroatoms. The summed E-state index contributed by atoms with van der Waals surface area (Å²) < 4.78 is 7.17. The van der Waals surface area contributed by atoms with Crippen LogP contribution >= 0.6 is 19.4 Å². The Morgan fingerprint density at radius 2 is 1.49 bits per heavy atom. The van der Waals surface area contributed by atoms with Crippen LogP contribution in [0.4, 0.5) is 11.4 Å². The van der Waals surface area contributed by atoms with E-state index in [1.165, 1.54) is 45.3 Å². The predicted molar refractivity (Wildman–Crippen MR) is 197 cm³/mol. The van der Waals surface area contributed by atoms with E-state index in [4.69, 9.17) is 24.1 Å². The zero-order chi connectivity index (χ0) is 34.7. The van der Waals surface area contributed by atoms with E-state index in [-0.39, 0.29) is 22.7 Å². The first kappa shape index (κ1) is 37.0. The van der Waals surface area contributed by atoms with Gasteiger partial charge >= 0.3 is 112 Å². The fourth-order valence-corrected chi connectivity index (χ4v) is 8.33. The van der Waals surface area contributed by atoms with Crippen molar-refractivity contribution in [2.75, 3.05) is 4.90 Å². The molecule has 0 spiro atoms. The normalized spacial score (nSPS) is 17.6. The van der Waals surface area contributed by atoms with E-state index < -0.39 is 18.4 Å². The number of para-hydroxylation sites is 1. The Labute approximate surface area is 293 Å². The number of rotatable bonds is 8. The maximum atomic E-state index is 10.7. The number of benzene rings is 4. The van der Waals surface area contributed by atoms with Gasteiger partial charge in [-0.3, -0.25) is 0 Å². The van der Waals surface area contributed by atoms with Crippen LogP contribution < -0.4 is 9.64 Å². The summed E-state index contributed by atoms with van der Waals surface area (Å²) in [6.07, 6.45) is 1.08. The molecule has 4 aromatic rings. The average Bonchev–Trinajstić information content (AvgIpc) is 3.25. The summed E-state index contributed by atoms with van der Waals surface area (Å²) >= 11 is -2.05. The van der Waals surface area contributed by atoms with Gasteiger partial charge in [0.2, 0.25) is 0 Å². The number of non-ortho nitro benzene ring substituents is 1. The first-order valence-corrected chi connectivity index (χ1v) is 21.6. The van der Waals surface area contributed by atoms with Gasteiger partial charge < -0.3 is 4.90 Å². The van der Waals surface area contributed by atoms with Crippen LogP contribution in [0.5, 0.6) is 5.75 Å². The van der Waals surface area contributed by atoms with Gasteiger partial charge in [0.05, 0.1) is 0 Å². The van der Waals surface area contributed by atoms with Gasteiger partial charge in [-0.05, 0) is 54.0 Å². The van der Waals surface area contributed by atoms with Gasteiger partial charge in [0.1, 0.15) is 0 Å². The van der Waals surface area contributed by atoms with Crippen molar-refractivity contribution in [1.82, 2.24) is 0 Å². The van der Waals surface area contributed by atoms with E-state index in [1.807, 2.05) is 13.8 Å². The van der Waals surface area contributed by atoms with Crippen molar-refractivity contribution in [3.63, 3.8) is 0 Å². The Balaban J connectivity index is 0.000000251. The van der Waals surface area contributed by atoms with Gasteiger partial charge in [-0.15, -0.1) is 5.41 Å². The number of halogens is 2. The van der Waals surface area contributed by atoms with E-state index in [2.05, 4.69) is 121 Å². The third-order valence-electron chi connectivity index (χ3n) is 8.61. The molecule has 1 fully saturated rings. The number of nitrogens with zero attached hydrogens (tertiary/aromatic N) is 2. The zero-order valence-electron chi connectivity index (χ0n) is 28.8. The van der Waals surface area contributed by atoms with Crippen LogP contribution in [0.3, 0.4) is 0 Å². The maximum absolute atomic E-state index is 10.7. The maximum Gasteiger partial charge on any atom is 0.0145 e. The molecule has 5 nitrogen and oxygen atoms in total. The minimum absolute atomic E-state index is 0.00360. The molecule has 0 N–H and O–H groups in total. The first-order valence-electron chi connectivity index (χ1n) is 16.1. The summed E-state index contributed by atoms with van der Waals surface area (Å²) in [4.78, 5) is 12.8. The summed E-state index contributed by atoms with van der Waals surface area (Å²) in [6, 6.07) is 26.9. The molecule has 0 unspecified atom stereocenters. The Hall–Kier alpha value is -2.79. The van der Waals surface area contributed by atoms with Crippen molar-refractivity contribution < 1.29 is 23.2 Å². The molecule has 1 atom stereocenters. The summed E-state index contributed by atoms with van der Waals surface area (Å²) in [5.41, 5.74) is 6.37. The second-order valence-corrected chi connectivity index (χ2v) is 19.7. The molecule has 1 saturated heterocycles. The van der Waals surface area contributed by atoms with Crippen molar-refractivity contribution >= 4 is 46.1 Å². The van der Waals surface area contributed by atoms with Crippen LogP contribution in [0.15, 0.2) is 78.9 Å². The van der Waals surface area contributed by atoms with Crippen LogP contribution in [0.1, 0.15) is 103 Å². The van der Waals surface area contributed by atoms with Crippen LogP contribution in [-0.4, -0.2) is 21.2 Å². The molecule has 1 heterocycles. The van der Waals surface area contributed by atoms with Crippen LogP contribution in [0, 0.1) is 16.7 Å². The number of nitro benzene ring substituents is 1. The molecule has 4 aromatic carbocycles. The second kappa shape index (κ2) is 15.2. The van der Waals surface area contributed by atoms with Gasteiger partial charge in [0.15, 0.2) is 0 Å². The molecule has 1 aliphatic heterocycles. The van der Waals surface area contributed by atoms with Crippen LogP contribution in [-0.2, 0) is 18.9 Å². The van der Waals surface area contributed by atoms with E-state index in [1.54, 1.807) is 10.7 Å². The number of nitro groups is 1. The number of anilines is 1. The Morgan fingerprint density at radius 1 is 0.872 bits per heavy atom. The van der Waals surface area contributed by atoms with E-state index >= 15 is 0 Å². The van der Waals surface area contributed by atoms with E-state index in [0.29, 0.717) is 23.1 Å². The molecule has 1 aliphatic rings. The Morgan fingerprint density at radius 3 is 2.04 bits per heavy atom. The molecule has 254 valence electrons. The smallest absolute Gasteiger partial charge is 0.0145 e. The number of hydrogen-bond donors (Lipinski definition) is 0. The third kappa shape index (κ3) is 8.82. The number of ether oxygens (including phenoxy) is 1. The largest absolute Gasteiger partial charge is 0.517 e. The zero-order valence-corrected chi connectivity index (χ0v) is 32.1. The molecule has 0 amide bonds. The SMILES string of the molecule is CC(C)Oc1ccc([N+](=O)[O-])cc1[CH]=[Ru]([Cl])[Cl].CC(C)c1cccc(C(C)C)c1N1[CH-][C@](C)(c2ccc3ccccc3c2)CC1(C)C. The Kier molecular flexibility index (Phi) is 12.0. The average molecular weight is 764 g/mol. The van der Waals surface area contributed by atoms with E-state index in [0.717, 1.165) is 6.42 Å². The Bertz CT molecular complexity index is 1740. The van der Waals surface area contributed by atoms with Crippen molar-refractivity contribution in [2.24, 2.45) is 0 Å². The summed E-state index contributed by atoms with van der Waals surface area (Å²) in [5, 5.41) is 13.3. The van der Waals surface area contributed by atoms with Crippen molar-refractivity contribution in [3.8, 4) is 5.75 Å². The summed E-state index contributed by atoms with van der Waals surface area (Å²) in [6.45, 7) is 22.7. The fourth-order valence-electron chi connectivity index (χ4n) is 6.54. The number of hydrogen-bond acceptors (Lipinski definition) is 4. The van der Waals surface area contributed by atoms with Crippen molar-refractivity contribution in [2.45, 2.75) is 97.6 Å². The third-order valence-corrected chi connectivity index (χ3v) is 10.4.